The van der Waals surface area contributed by atoms with Gasteiger partial charge in [-0.05, 0) is 20.8 Å². The summed E-state index contributed by atoms with van der Waals surface area (Å²) >= 11 is 0. The molecule has 6 nitrogen and oxygen atoms in total. The van der Waals surface area contributed by atoms with Crippen LogP contribution in [0.25, 0.3) is 0 Å². The molecule has 0 saturated heterocycles. The Morgan fingerprint density at radius 2 is 2.41 bits per heavy atom. The molecule has 0 spiro atoms. The van der Waals surface area contributed by atoms with E-state index in [1.165, 1.54) is 6.33 Å². The largest absolute Gasteiger partial charge is 0.437 e. The minimum atomic E-state index is -0.607. The Bertz CT molecular complexity index is 400. The van der Waals surface area contributed by atoms with Crippen molar-refractivity contribution in [1.82, 2.24) is 20.5 Å². The molecule has 0 saturated carbocycles. The van der Waals surface area contributed by atoms with Crippen LogP contribution < -0.4 is 5.32 Å². The van der Waals surface area contributed by atoms with Crippen LogP contribution in [0, 0.1) is 12.3 Å². The molecule has 0 radical (unpaired) electrons. The third-order valence-corrected chi connectivity index (χ3v) is 1.77. The molecule has 0 aromatic carbocycles. The zero-order valence-electron chi connectivity index (χ0n) is 10.2. The van der Waals surface area contributed by atoms with E-state index in [2.05, 4.69) is 26.4 Å². The zero-order valence-corrected chi connectivity index (χ0v) is 10.2. The molecule has 1 heterocycles. The second kappa shape index (κ2) is 5.34. The predicted molar refractivity (Wildman–Crippen MR) is 61.9 cm³/mol. The lowest BCUT2D eigenvalue weighted by molar-refractivity contribution is 0.0891. The Labute approximate surface area is 100 Å². The van der Waals surface area contributed by atoms with Crippen LogP contribution in [-0.4, -0.2) is 26.8 Å². The van der Waals surface area contributed by atoms with Crippen LogP contribution in [0.4, 0.5) is 4.79 Å². The maximum absolute atomic E-state index is 11.6. The number of aromatic amines is 1. The molecule has 0 aliphatic carbocycles. The maximum Gasteiger partial charge on any atom is 0.408 e. The van der Waals surface area contributed by atoms with Crippen molar-refractivity contribution in [3.05, 3.63) is 12.2 Å². The number of terminal acetylenes is 1. The molecule has 2 N–H and O–H groups in total. The summed E-state index contributed by atoms with van der Waals surface area (Å²) in [5.74, 6) is 2.87. The van der Waals surface area contributed by atoms with E-state index >= 15 is 0 Å². The molecule has 92 valence electrons. The highest BCUT2D eigenvalue weighted by Gasteiger charge is 2.21. The van der Waals surface area contributed by atoms with Gasteiger partial charge in [-0.1, -0.05) is 0 Å². The molecule has 0 aliphatic heterocycles. The molecule has 1 aromatic heterocycles. The fraction of sp³-hybridized carbons (Fsp3) is 0.545. The van der Waals surface area contributed by atoms with Crippen molar-refractivity contribution < 1.29 is 9.53 Å². The van der Waals surface area contributed by atoms with E-state index in [1.807, 2.05) is 20.8 Å². The second-order valence-corrected chi connectivity index (χ2v) is 4.55. The fourth-order valence-electron chi connectivity index (χ4n) is 1.14. The number of H-pyrrole nitrogens is 1. The Kier molecular flexibility index (Phi) is 4.10. The van der Waals surface area contributed by atoms with Crippen molar-refractivity contribution in [1.29, 1.82) is 0 Å². The molecule has 0 unspecified atom stereocenters. The van der Waals surface area contributed by atoms with Gasteiger partial charge in [-0.25, -0.2) is 9.78 Å². The van der Waals surface area contributed by atoms with Crippen molar-refractivity contribution in [3.8, 4) is 12.3 Å². The summed E-state index contributed by atoms with van der Waals surface area (Å²) in [6.07, 6.45) is 5.65. The maximum atomic E-state index is 11.6. The number of ether oxygens (including phenoxy) is 1. The first-order chi connectivity index (χ1) is 7.92. The predicted octanol–water partition coefficient (Wildman–Crippen LogP) is 1.39. The molecular formula is C11H16N4O2. The fourth-order valence-corrected chi connectivity index (χ4v) is 1.14. The van der Waals surface area contributed by atoms with E-state index in [9.17, 15) is 4.79 Å². The Morgan fingerprint density at radius 3 is 2.88 bits per heavy atom. The third-order valence-electron chi connectivity index (χ3n) is 1.77. The number of hydrogen-bond donors (Lipinski definition) is 2. The van der Waals surface area contributed by atoms with Crippen LogP contribution >= 0.6 is 0 Å². The monoisotopic (exact) mass is 236 g/mol. The van der Waals surface area contributed by atoms with Crippen molar-refractivity contribution in [2.75, 3.05) is 0 Å². The number of carbonyl (C=O) groups is 1. The molecule has 1 atom stereocenters. The van der Waals surface area contributed by atoms with Gasteiger partial charge in [0.1, 0.15) is 6.33 Å². The van der Waals surface area contributed by atoms with Gasteiger partial charge in [0.25, 0.3) is 0 Å². The lowest BCUT2D eigenvalue weighted by atomic mass is 10.1. The quantitative estimate of drug-likeness (QED) is 0.777. The average Bonchev–Trinajstić information content (AvgIpc) is 2.66. The van der Waals surface area contributed by atoms with E-state index < -0.39 is 12.2 Å². The van der Waals surface area contributed by atoms with Crippen LogP contribution in [-0.2, 0) is 4.74 Å². The first-order valence-electron chi connectivity index (χ1n) is 5.20. The van der Waals surface area contributed by atoms with Gasteiger partial charge < -0.3 is 10.1 Å². The van der Waals surface area contributed by atoms with E-state index in [-0.39, 0.29) is 12.0 Å². The number of rotatable bonds is 3. The van der Waals surface area contributed by atoms with E-state index in [0.717, 1.165) is 0 Å². The first kappa shape index (κ1) is 13.0. The summed E-state index contributed by atoms with van der Waals surface area (Å²) in [5.41, 5.74) is -0.362. The molecular weight excluding hydrogens is 220 g/mol. The first-order valence-corrected chi connectivity index (χ1v) is 5.20. The van der Waals surface area contributed by atoms with Gasteiger partial charge in [0, 0.05) is 5.54 Å². The van der Waals surface area contributed by atoms with Crippen molar-refractivity contribution in [2.45, 2.75) is 38.8 Å². The SMILES string of the molecule is C#CC[C@H](OC(=O)NC(C)(C)C)c1ncn[nH]1. The molecule has 1 amide bonds. The summed E-state index contributed by atoms with van der Waals surface area (Å²) in [7, 11) is 0. The summed E-state index contributed by atoms with van der Waals surface area (Å²) in [6.45, 7) is 5.58. The van der Waals surface area contributed by atoms with Gasteiger partial charge in [-0.2, -0.15) is 5.10 Å². The molecule has 1 rings (SSSR count). The number of carbonyl (C=O) groups excluding carboxylic acids is 1. The summed E-state index contributed by atoms with van der Waals surface area (Å²) in [4.78, 5) is 15.5. The van der Waals surface area contributed by atoms with Crippen LogP contribution in [0.5, 0.6) is 0 Å². The van der Waals surface area contributed by atoms with Gasteiger partial charge >= 0.3 is 6.09 Å². The molecule has 0 bridgehead atoms. The lowest BCUT2D eigenvalue weighted by Crippen LogP contribution is -2.41. The number of amides is 1. The van der Waals surface area contributed by atoms with Gasteiger partial charge in [-0.15, -0.1) is 12.3 Å². The Morgan fingerprint density at radius 1 is 1.71 bits per heavy atom. The number of aromatic nitrogens is 3. The van der Waals surface area contributed by atoms with Gasteiger partial charge in [0.2, 0.25) is 0 Å². The molecule has 1 aromatic rings. The third kappa shape index (κ3) is 4.55. The number of nitrogens with zero attached hydrogens (tertiary/aromatic N) is 2. The van der Waals surface area contributed by atoms with Crippen LogP contribution in [0.2, 0.25) is 0 Å². The zero-order chi connectivity index (χ0) is 12.9. The average molecular weight is 236 g/mol. The normalized spacial score (nSPS) is 12.6. The Hall–Kier alpha value is -2.03. The van der Waals surface area contributed by atoms with Crippen molar-refractivity contribution in [3.63, 3.8) is 0 Å². The van der Waals surface area contributed by atoms with Crippen LogP contribution in [0.1, 0.15) is 39.1 Å². The van der Waals surface area contributed by atoms with Crippen molar-refractivity contribution >= 4 is 6.09 Å². The highest BCUT2D eigenvalue weighted by atomic mass is 16.6. The molecule has 0 fully saturated rings. The van der Waals surface area contributed by atoms with Crippen LogP contribution in [0.15, 0.2) is 6.33 Å². The summed E-state index contributed by atoms with van der Waals surface area (Å²) in [5, 5.41) is 9.00. The topological polar surface area (TPSA) is 79.9 Å². The summed E-state index contributed by atoms with van der Waals surface area (Å²) in [6, 6.07) is 0. The minimum absolute atomic E-state index is 0.243. The number of alkyl carbamates (subject to hydrolysis) is 1. The van der Waals surface area contributed by atoms with Gasteiger partial charge in [-0.3, -0.25) is 5.10 Å². The number of hydrogen-bond acceptors (Lipinski definition) is 4. The minimum Gasteiger partial charge on any atom is -0.437 e. The summed E-state index contributed by atoms with van der Waals surface area (Å²) < 4.78 is 5.19. The number of nitrogens with one attached hydrogen (secondary N) is 2. The standard InChI is InChI=1S/C11H16N4O2/c1-5-6-8(9-12-7-13-15-9)17-10(16)14-11(2,3)4/h1,7-8H,6H2,2-4H3,(H,14,16)(H,12,13,15)/t8-/m0/s1. The van der Waals surface area contributed by atoms with Crippen LogP contribution in [0.3, 0.4) is 0 Å². The highest BCUT2D eigenvalue weighted by molar-refractivity contribution is 5.68. The molecule has 17 heavy (non-hydrogen) atoms. The second-order valence-electron chi connectivity index (χ2n) is 4.55. The smallest absolute Gasteiger partial charge is 0.408 e. The van der Waals surface area contributed by atoms with Gasteiger partial charge in [0.15, 0.2) is 11.9 Å². The van der Waals surface area contributed by atoms with Crippen molar-refractivity contribution in [2.24, 2.45) is 0 Å². The van der Waals surface area contributed by atoms with E-state index in [1.54, 1.807) is 0 Å². The highest BCUT2D eigenvalue weighted by Crippen LogP contribution is 2.16. The Balaban J connectivity index is 2.63. The molecule has 0 aliphatic rings. The van der Waals surface area contributed by atoms with E-state index in [4.69, 9.17) is 11.2 Å². The van der Waals surface area contributed by atoms with Gasteiger partial charge in [0.05, 0.1) is 6.42 Å². The molecule has 6 heteroatoms. The lowest BCUT2D eigenvalue weighted by Gasteiger charge is -2.22. The van der Waals surface area contributed by atoms with E-state index in [0.29, 0.717) is 5.82 Å².